The summed E-state index contributed by atoms with van der Waals surface area (Å²) in [7, 11) is 0. The zero-order valence-electron chi connectivity index (χ0n) is 12.5. The minimum Gasteiger partial charge on any atom is -0.467 e. The van der Waals surface area contributed by atoms with Crippen LogP contribution in [0.1, 0.15) is 54.5 Å². The Hall–Kier alpha value is -2.08. The van der Waals surface area contributed by atoms with Crippen molar-refractivity contribution in [2.75, 3.05) is 6.61 Å². The minimum absolute atomic E-state index is 0.148. The molecule has 0 bridgehead atoms. The van der Waals surface area contributed by atoms with Gasteiger partial charge in [0.2, 0.25) is 0 Å². The number of aliphatic hydroxyl groups is 1. The molecule has 114 valence electrons. The smallest absolute Gasteiger partial charge is 0.255 e. The fraction of sp³-hybridized carbons (Fsp3) is 0.467. The van der Waals surface area contributed by atoms with E-state index in [4.69, 9.17) is 4.42 Å². The van der Waals surface area contributed by atoms with Gasteiger partial charge >= 0.3 is 0 Å². The van der Waals surface area contributed by atoms with Crippen LogP contribution in [-0.4, -0.2) is 27.4 Å². The van der Waals surface area contributed by atoms with Crippen LogP contribution in [0.2, 0.25) is 0 Å². The first kappa shape index (κ1) is 15.3. The van der Waals surface area contributed by atoms with E-state index in [1.165, 1.54) is 6.26 Å². The topological polar surface area (TPSA) is 80.3 Å². The normalized spacial score (nSPS) is 12.6. The highest BCUT2D eigenvalue weighted by molar-refractivity contribution is 5.95. The lowest BCUT2D eigenvalue weighted by Gasteiger charge is -2.14. The highest BCUT2D eigenvalue weighted by Crippen LogP contribution is 2.19. The van der Waals surface area contributed by atoms with Crippen molar-refractivity contribution in [3.05, 3.63) is 41.6 Å². The summed E-state index contributed by atoms with van der Waals surface area (Å²) in [6.07, 6.45) is 3.25. The molecular formula is C15H21N3O3. The molecule has 2 rings (SSSR count). The number of carbonyl (C=O) groups excluding carboxylic acids is 1. The van der Waals surface area contributed by atoms with Gasteiger partial charge in [-0.3, -0.25) is 9.48 Å². The Labute approximate surface area is 123 Å². The number of aliphatic hydroxyl groups excluding tert-OH is 1. The standard InChI is InChI=1S/C15H21N3O3/c1-4-18-8-11(14(17-18)10(2)3)15(20)16-12(9-19)13-6-5-7-21-13/h5-8,10,12,19H,4,9H2,1-3H3,(H,16,20). The van der Waals surface area contributed by atoms with Gasteiger partial charge < -0.3 is 14.8 Å². The third-order valence-electron chi connectivity index (χ3n) is 3.28. The average Bonchev–Trinajstić information content (AvgIpc) is 3.13. The number of amides is 1. The molecule has 0 aliphatic carbocycles. The van der Waals surface area contributed by atoms with Crippen LogP contribution >= 0.6 is 0 Å². The SMILES string of the molecule is CCn1cc(C(=O)NC(CO)c2ccco2)c(C(C)C)n1. The maximum absolute atomic E-state index is 12.4. The van der Waals surface area contributed by atoms with Gasteiger partial charge in [-0.05, 0) is 25.0 Å². The minimum atomic E-state index is -0.558. The number of rotatable bonds is 6. The third-order valence-corrected chi connectivity index (χ3v) is 3.28. The van der Waals surface area contributed by atoms with E-state index in [-0.39, 0.29) is 18.4 Å². The molecule has 1 atom stereocenters. The van der Waals surface area contributed by atoms with E-state index >= 15 is 0 Å². The van der Waals surface area contributed by atoms with Crippen LogP contribution in [0, 0.1) is 0 Å². The summed E-state index contributed by atoms with van der Waals surface area (Å²) in [4.78, 5) is 12.4. The van der Waals surface area contributed by atoms with Crippen LogP contribution in [0.5, 0.6) is 0 Å². The lowest BCUT2D eigenvalue weighted by Crippen LogP contribution is -2.31. The van der Waals surface area contributed by atoms with E-state index in [1.807, 2.05) is 20.8 Å². The Kier molecular flexibility index (Phi) is 4.80. The Morgan fingerprint density at radius 2 is 2.29 bits per heavy atom. The van der Waals surface area contributed by atoms with Gasteiger partial charge in [0.25, 0.3) is 5.91 Å². The van der Waals surface area contributed by atoms with Gasteiger partial charge in [0.1, 0.15) is 11.8 Å². The van der Waals surface area contributed by atoms with Crippen LogP contribution in [0.4, 0.5) is 0 Å². The van der Waals surface area contributed by atoms with Gasteiger partial charge in [0.15, 0.2) is 0 Å². The Balaban J connectivity index is 2.21. The van der Waals surface area contributed by atoms with Crippen molar-refractivity contribution >= 4 is 5.91 Å². The summed E-state index contributed by atoms with van der Waals surface area (Å²) >= 11 is 0. The first-order valence-corrected chi connectivity index (χ1v) is 7.09. The second kappa shape index (κ2) is 6.58. The molecule has 0 saturated carbocycles. The fourth-order valence-electron chi connectivity index (χ4n) is 2.13. The van der Waals surface area contributed by atoms with Crippen molar-refractivity contribution < 1.29 is 14.3 Å². The Morgan fingerprint density at radius 3 is 2.81 bits per heavy atom. The van der Waals surface area contributed by atoms with Crippen molar-refractivity contribution in [3.63, 3.8) is 0 Å². The van der Waals surface area contributed by atoms with E-state index < -0.39 is 6.04 Å². The molecule has 0 spiro atoms. The van der Waals surface area contributed by atoms with Crippen LogP contribution in [0.15, 0.2) is 29.0 Å². The van der Waals surface area contributed by atoms with Crippen molar-refractivity contribution in [2.24, 2.45) is 0 Å². The summed E-state index contributed by atoms with van der Waals surface area (Å²) < 4.78 is 6.97. The zero-order chi connectivity index (χ0) is 15.4. The maximum Gasteiger partial charge on any atom is 0.255 e. The summed E-state index contributed by atoms with van der Waals surface area (Å²) in [6.45, 7) is 6.44. The molecule has 6 nitrogen and oxygen atoms in total. The molecular weight excluding hydrogens is 270 g/mol. The molecule has 1 unspecified atom stereocenters. The molecule has 0 saturated heterocycles. The molecule has 0 radical (unpaired) electrons. The molecule has 0 fully saturated rings. The van der Waals surface area contributed by atoms with Gasteiger partial charge in [-0.25, -0.2) is 0 Å². The quantitative estimate of drug-likeness (QED) is 0.854. The average molecular weight is 291 g/mol. The van der Waals surface area contributed by atoms with Crippen molar-refractivity contribution in [1.82, 2.24) is 15.1 Å². The number of hydrogen-bond acceptors (Lipinski definition) is 4. The molecule has 2 aromatic heterocycles. The number of aryl methyl sites for hydroxylation is 1. The van der Waals surface area contributed by atoms with Gasteiger partial charge in [0.05, 0.1) is 24.1 Å². The fourth-order valence-corrected chi connectivity index (χ4v) is 2.13. The maximum atomic E-state index is 12.4. The molecule has 21 heavy (non-hydrogen) atoms. The molecule has 2 N–H and O–H groups in total. The lowest BCUT2D eigenvalue weighted by molar-refractivity contribution is 0.0906. The molecule has 1 amide bonds. The van der Waals surface area contributed by atoms with E-state index in [2.05, 4.69) is 10.4 Å². The molecule has 2 aromatic rings. The molecule has 0 aromatic carbocycles. The van der Waals surface area contributed by atoms with Gasteiger partial charge in [-0.2, -0.15) is 5.10 Å². The number of hydrogen-bond donors (Lipinski definition) is 2. The molecule has 0 aliphatic rings. The van der Waals surface area contributed by atoms with E-state index in [1.54, 1.807) is 23.0 Å². The summed E-state index contributed by atoms with van der Waals surface area (Å²) in [5.74, 6) is 0.420. The van der Waals surface area contributed by atoms with Crippen LogP contribution in [0.3, 0.4) is 0 Å². The predicted molar refractivity (Wildman–Crippen MR) is 78.0 cm³/mol. The van der Waals surface area contributed by atoms with Gasteiger partial charge in [0, 0.05) is 12.7 Å². The number of nitrogens with zero attached hydrogens (tertiary/aromatic N) is 2. The molecule has 2 heterocycles. The number of furan rings is 1. The van der Waals surface area contributed by atoms with Crippen molar-refractivity contribution in [3.8, 4) is 0 Å². The molecule has 6 heteroatoms. The highest BCUT2D eigenvalue weighted by Gasteiger charge is 2.22. The van der Waals surface area contributed by atoms with Gasteiger partial charge in [-0.15, -0.1) is 0 Å². The van der Waals surface area contributed by atoms with Gasteiger partial charge in [-0.1, -0.05) is 13.8 Å². The summed E-state index contributed by atoms with van der Waals surface area (Å²) in [5, 5.41) is 16.6. The zero-order valence-corrected chi connectivity index (χ0v) is 12.5. The van der Waals surface area contributed by atoms with Crippen molar-refractivity contribution in [1.29, 1.82) is 0 Å². The van der Waals surface area contributed by atoms with Crippen LogP contribution in [-0.2, 0) is 6.54 Å². The largest absolute Gasteiger partial charge is 0.467 e. The Bertz CT molecular complexity index is 587. The second-order valence-electron chi connectivity index (χ2n) is 5.16. The number of nitrogens with one attached hydrogen (secondary N) is 1. The second-order valence-corrected chi connectivity index (χ2v) is 5.16. The molecule has 0 aliphatic heterocycles. The number of aromatic nitrogens is 2. The van der Waals surface area contributed by atoms with E-state index in [0.717, 1.165) is 5.69 Å². The summed E-state index contributed by atoms with van der Waals surface area (Å²) in [5.41, 5.74) is 1.29. The van der Waals surface area contributed by atoms with E-state index in [0.29, 0.717) is 17.9 Å². The monoisotopic (exact) mass is 291 g/mol. The Morgan fingerprint density at radius 1 is 1.52 bits per heavy atom. The summed E-state index contributed by atoms with van der Waals surface area (Å²) in [6, 6.07) is 2.89. The van der Waals surface area contributed by atoms with Crippen LogP contribution < -0.4 is 5.32 Å². The first-order chi connectivity index (χ1) is 10.1. The number of carbonyl (C=O) groups is 1. The van der Waals surface area contributed by atoms with Crippen molar-refractivity contribution in [2.45, 2.75) is 39.3 Å². The lowest BCUT2D eigenvalue weighted by atomic mass is 10.1. The van der Waals surface area contributed by atoms with Crippen LogP contribution in [0.25, 0.3) is 0 Å². The predicted octanol–water partition coefficient (Wildman–Crippen LogP) is 2.08. The third kappa shape index (κ3) is 3.33. The first-order valence-electron chi connectivity index (χ1n) is 7.09. The van der Waals surface area contributed by atoms with E-state index in [9.17, 15) is 9.90 Å². The highest BCUT2D eigenvalue weighted by atomic mass is 16.3.